The Balaban J connectivity index is 2.04. The number of nitrogens with zero attached hydrogens (tertiary/aromatic N) is 1. The Morgan fingerprint density at radius 1 is 1.25 bits per heavy atom. The van der Waals surface area contributed by atoms with Crippen LogP contribution in [0, 0.1) is 5.92 Å². The summed E-state index contributed by atoms with van der Waals surface area (Å²) in [6.07, 6.45) is 2.70. The molecule has 0 aliphatic carbocycles. The first-order valence-electron chi connectivity index (χ1n) is 6.76. The van der Waals surface area contributed by atoms with Crippen molar-refractivity contribution < 1.29 is 9.59 Å². The zero-order chi connectivity index (χ0) is 14.7. The maximum Gasteiger partial charge on any atom is 0.325 e. The second kappa shape index (κ2) is 6.31. The fraction of sp³-hybridized carbons (Fsp3) is 0.467. The number of carbonyl (C=O) groups excluding carboxylic acids is 2. The third-order valence-corrected chi connectivity index (χ3v) is 4.06. The van der Waals surface area contributed by atoms with Crippen molar-refractivity contribution in [2.45, 2.75) is 37.8 Å². The van der Waals surface area contributed by atoms with Crippen LogP contribution in [0.1, 0.15) is 25.8 Å². The lowest BCUT2D eigenvalue weighted by atomic mass is 10.0. The lowest BCUT2D eigenvalue weighted by Gasteiger charge is -2.14. The minimum atomic E-state index is -0.368. The number of thioether (sulfide) groups is 1. The molecule has 0 spiro atoms. The maximum atomic E-state index is 12.2. The van der Waals surface area contributed by atoms with Crippen LogP contribution in [-0.2, 0) is 11.3 Å². The van der Waals surface area contributed by atoms with Gasteiger partial charge in [-0.25, -0.2) is 4.79 Å². The molecule has 20 heavy (non-hydrogen) atoms. The van der Waals surface area contributed by atoms with Gasteiger partial charge in [-0.3, -0.25) is 9.69 Å². The Labute approximate surface area is 123 Å². The van der Waals surface area contributed by atoms with Gasteiger partial charge in [0.2, 0.25) is 0 Å². The van der Waals surface area contributed by atoms with Crippen molar-refractivity contribution in [1.82, 2.24) is 10.2 Å². The average Bonchev–Trinajstić information content (AvgIpc) is 2.66. The normalized spacial score (nSPS) is 18.8. The molecule has 1 N–H and O–H groups in total. The number of hydrogen-bond acceptors (Lipinski definition) is 3. The number of benzene rings is 1. The SMILES string of the molecule is CSc1ccc(CN2C(=O)NC(CC(C)C)C2=O)cc1. The van der Waals surface area contributed by atoms with Gasteiger partial charge in [0.15, 0.2) is 0 Å². The number of urea groups is 1. The summed E-state index contributed by atoms with van der Waals surface area (Å²) >= 11 is 1.67. The lowest BCUT2D eigenvalue weighted by molar-refractivity contribution is -0.128. The first-order valence-corrected chi connectivity index (χ1v) is 7.98. The Kier molecular flexibility index (Phi) is 4.70. The van der Waals surface area contributed by atoms with E-state index < -0.39 is 0 Å². The number of nitrogens with one attached hydrogen (secondary N) is 1. The van der Waals surface area contributed by atoms with Gasteiger partial charge in [-0.05, 0) is 36.3 Å². The summed E-state index contributed by atoms with van der Waals surface area (Å²) in [5.41, 5.74) is 0.969. The molecule has 1 aliphatic rings. The standard InChI is InChI=1S/C15H20N2O2S/c1-10(2)8-13-14(18)17(15(19)16-13)9-11-4-6-12(20-3)7-5-11/h4-7,10,13H,8-9H2,1-3H3,(H,16,19). The van der Waals surface area contributed by atoms with Crippen LogP contribution in [0.15, 0.2) is 29.2 Å². The zero-order valence-corrected chi connectivity index (χ0v) is 12.9. The Bertz CT molecular complexity index is 499. The Morgan fingerprint density at radius 3 is 2.45 bits per heavy atom. The maximum absolute atomic E-state index is 12.2. The molecular weight excluding hydrogens is 272 g/mol. The molecule has 1 aromatic carbocycles. The highest BCUT2D eigenvalue weighted by Gasteiger charge is 2.37. The molecule has 1 aliphatic heterocycles. The molecule has 3 amide bonds. The van der Waals surface area contributed by atoms with Crippen molar-refractivity contribution in [3.05, 3.63) is 29.8 Å². The Morgan fingerprint density at radius 2 is 1.90 bits per heavy atom. The number of amides is 3. The quantitative estimate of drug-likeness (QED) is 0.670. The average molecular weight is 292 g/mol. The predicted octanol–water partition coefficient (Wildman–Crippen LogP) is 2.88. The van der Waals surface area contributed by atoms with Gasteiger partial charge in [0.25, 0.3) is 5.91 Å². The molecule has 0 aromatic heterocycles. The van der Waals surface area contributed by atoms with Gasteiger partial charge in [-0.2, -0.15) is 0 Å². The molecule has 1 unspecified atom stereocenters. The van der Waals surface area contributed by atoms with Gasteiger partial charge in [-0.1, -0.05) is 26.0 Å². The van der Waals surface area contributed by atoms with Crippen LogP contribution in [0.2, 0.25) is 0 Å². The van der Waals surface area contributed by atoms with Crippen molar-refractivity contribution in [1.29, 1.82) is 0 Å². The molecule has 4 nitrogen and oxygen atoms in total. The third-order valence-electron chi connectivity index (χ3n) is 3.31. The molecule has 108 valence electrons. The molecule has 1 atom stereocenters. The van der Waals surface area contributed by atoms with Crippen molar-refractivity contribution >= 4 is 23.7 Å². The van der Waals surface area contributed by atoms with Crippen molar-refractivity contribution in [3.8, 4) is 0 Å². The highest BCUT2D eigenvalue weighted by atomic mass is 32.2. The molecule has 1 fully saturated rings. The number of hydrogen-bond donors (Lipinski definition) is 1. The summed E-state index contributed by atoms with van der Waals surface area (Å²) in [7, 11) is 0. The smallest absolute Gasteiger partial charge is 0.325 e. The molecular formula is C15H20N2O2S. The summed E-state index contributed by atoms with van der Waals surface area (Å²) in [5.74, 6) is 0.266. The van der Waals surface area contributed by atoms with Gasteiger partial charge in [0.1, 0.15) is 6.04 Å². The van der Waals surface area contributed by atoms with E-state index in [4.69, 9.17) is 0 Å². The van der Waals surface area contributed by atoms with Crippen LogP contribution >= 0.6 is 11.8 Å². The van der Waals surface area contributed by atoms with Crippen LogP contribution in [-0.4, -0.2) is 29.1 Å². The minimum absolute atomic E-state index is 0.113. The van der Waals surface area contributed by atoms with Gasteiger partial charge in [-0.15, -0.1) is 11.8 Å². The zero-order valence-electron chi connectivity index (χ0n) is 12.1. The summed E-state index contributed by atoms with van der Waals surface area (Å²) in [4.78, 5) is 26.6. The molecule has 0 saturated carbocycles. The largest absolute Gasteiger partial charge is 0.326 e. The highest BCUT2D eigenvalue weighted by molar-refractivity contribution is 7.98. The summed E-state index contributed by atoms with van der Waals surface area (Å²) in [5, 5.41) is 2.76. The first kappa shape index (κ1) is 14.9. The number of rotatable bonds is 5. The van der Waals surface area contributed by atoms with E-state index in [0.29, 0.717) is 18.9 Å². The number of imide groups is 1. The number of carbonyl (C=O) groups is 2. The molecule has 0 bridgehead atoms. The third kappa shape index (κ3) is 3.33. The molecule has 5 heteroatoms. The van der Waals surface area contributed by atoms with E-state index in [9.17, 15) is 9.59 Å². The highest BCUT2D eigenvalue weighted by Crippen LogP contribution is 2.19. The fourth-order valence-corrected chi connectivity index (χ4v) is 2.68. The minimum Gasteiger partial charge on any atom is -0.326 e. The summed E-state index contributed by atoms with van der Waals surface area (Å²) in [6.45, 7) is 4.43. The molecule has 2 rings (SSSR count). The summed E-state index contributed by atoms with van der Waals surface area (Å²) in [6, 6.07) is 7.28. The molecule has 1 saturated heterocycles. The van der Waals surface area contributed by atoms with Gasteiger partial charge in [0.05, 0.1) is 6.54 Å². The van der Waals surface area contributed by atoms with E-state index in [-0.39, 0.29) is 18.0 Å². The van der Waals surface area contributed by atoms with E-state index in [1.54, 1.807) is 11.8 Å². The van der Waals surface area contributed by atoms with Crippen molar-refractivity contribution in [3.63, 3.8) is 0 Å². The van der Waals surface area contributed by atoms with Gasteiger partial charge >= 0.3 is 6.03 Å². The molecule has 0 radical (unpaired) electrons. The topological polar surface area (TPSA) is 49.4 Å². The van der Waals surface area contributed by atoms with Gasteiger partial charge < -0.3 is 5.32 Å². The van der Waals surface area contributed by atoms with Crippen LogP contribution in [0.25, 0.3) is 0 Å². The van der Waals surface area contributed by atoms with Crippen LogP contribution < -0.4 is 5.32 Å². The second-order valence-corrected chi connectivity index (χ2v) is 6.28. The van der Waals surface area contributed by atoms with Crippen molar-refractivity contribution in [2.24, 2.45) is 5.92 Å². The van der Waals surface area contributed by atoms with E-state index in [1.807, 2.05) is 44.4 Å². The van der Waals surface area contributed by atoms with Crippen LogP contribution in [0.4, 0.5) is 4.79 Å². The molecule has 1 aromatic rings. The fourth-order valence-electron chi connectivity index (χ4n) is 2.27. The second-order valence-electron chi connectivity index (χ2n) is 5.40. The van der Waals surface area contributed by atoms with Gasteiger partial charge in [0, 0.05) is 4.90 Å². The first-order chi connectivity index (χ1) is 9.51. The monoisotopic (exact) mass is 292 g/mol. The van der Waals surface area contributed by atoms with E-state index in [0.717, 1.165) is 5.56 Å². The van der Waals surface area contributed by atoms with E-state index >= 15 is 0 Å². The predicted molar refractivity (Wildman–Crippen MR) is 80.5 cm³/mol. The van der Waals surface area contributed by atoms with Crippen LogP contribution in [0.3, 0.4) is 0 Å². The summed E-state index contributed by atoms with van der Waals surface area (Å²) < 4.78 is 0. The van der Waals surface area contributed by atoms with E-state index in [2.05, 4.69) is 5.32 Å². The Hall–Kier alpha value is -1.49. The van der Waals surface area contributed by atoms with Crippen molar-refractivity contribution in [2.75, 3.05) is 6.26 Å². The molecule has 1 heterocycles. The van der Waals surface area contributed by atoms with Crippen LogP contribution in [0.5, 0.6) is 0 Å². The van der Waals surface area contributed by atoms with E-state index in [1.165, 1.54) is 9.80 Å². The lowest BCUT2D eigenvalue weighted by Crippen LogP contribution is -2.31.